The van der Waals surface area contributed by atoms with Gasteiger partial charge in [-0.15, -0.1) is 0 Å². The summed E-state index contributed by atoms with van der Waals surface area (Å²) in [7, 11) is 0. The van der Waals surface area contributed by atoms with Crippen molar-refractivity contribution < 1.29 is 19.7 Å². The molecule has 0 aromatic heterocycles. The minimum atomic E-state index is -0.636. The van der Waals surface area contributed by atoms with Crippen LogP contribution >= 0.6 is 11.6 Å². The molecule has 1 aromatic carbocycles. The Labute approximate surface area is 164 Å². The molecular weight excluding hydrogens is 370 g/mol. The third kappa shape index (κ3) is 4.54. The number of carbonyl (C=O) groups excluding carboxylic acids is 1. The van der Waals surface area contributed by atoms with Crippen LogP contribution in [-0.2, 0) is 11.3 Å². The number of rotatable bonds is 10. The quantitative estimate of drug-likeness (QED) is 0.528. The zero-order chi connectivity index (χ0) is 19.2. The first-order valence-corrected chi connectivity index (χ1v) is 9.85. The van der Waals surface area contributed by atoms with Gasteiger partial charge in [-0.3, -0.25) is 10.1 Å². The van der Waals surface area contributed by atoms with E-state index in [1.165, 1.54) is 0 Å². The van der Waals surface area contributed by atoms with Crippen LogP contribution in [0.25, 0.3) is 0 Å². The number of halogens is 1. The summed E-state index contributed by atoms with van der Waals surface area (Å²) < 4.78 is 5.85. The van der Waals surface area contributed by atoms with E-state index in [1.54, 1.807) is 4.90 Å². The van der Waals surface area contributed by atoms with Gasteiger partial charge in [0.1, 0.15) is 11.8 Å². The molecule has 1 saturated heterocycles. The van der Waals surface area contributed by atoms with Gasteiger partial charge in [0.2, 0.25) is 5.96 Å². The summed E-state index contributed by atoms with van der Waals surface area (Å²) in [6.07, 6.45) is 6.25. The molecule has 148 valence electrons. The van der Waals surface area contributed by atoms with Crippen molar-refractivity contribution in [3.8, 4) is 5.75 Å². The normalized spacial score (nSPS) is 18.0. The van der Waals surface area contributed by atoms with Crippen molar-refractivity contribution in [1.29, 1.82) is 0 Å². The van der Waals surface area contributed by atoms with E-state index >= 15 is 0 Å². The maximum absolute atomic E-state index is 11.9. The molecule has 27 heavy (non-hydrogen) atoms. The largest absolute Gasteiger partial charge is 0.492 e. The molecule has 1 aromatic rings. The number of carbonyl (C=O) groups is 1. The van der Waals surface area contributed by atoms with Gasteiger partial charge < -0.3 is 19.8 Å². The molecule has 0 aliphatic carbocycles. The third-order valence-corrected chi connectivity index (χ3v) is 5.32. The molecule has 0 spiro atoms. The van der Waals surface area contributed by atoms with E-state index in [-0.39, 0.29) is 19.1 Å². The lowest BCUT2D eigenvalue weighted by Gasteiger charge is -2.28. The monoisotopic (exact) mass is 395 g/mol. The highest BCUT2D eigenvalue weighted by molar-refractivity contribution is 6.33. The lowest BCUT2D eigenvalue weighted by Crippen LogP contribution is -2.39. The second-order valence-corrected chi connectivity index (χ2v) is 7.20. The number of aliphatic imine (C=N–C) groups is 1. The van der Waals surface area contributed by atoms with Crippen LogP contribution in [0.2, 0.25) is 5.02 Å². The Balaban J connectivity index is 1.56. The fourth-order valence-corrected chi connectivity index (χ4v) is 3.63. The summed E-state index contributed by atoms with van der Waals surface area (Å²) in [5.74, 6) is 0.821. The Bertz CT molecular complexity index is 710. The van der Waals surface area contributed by atoms with Crippen LogP contribution < -0.4 is 10.1 Å². The molecule has 1 unspecified atom stereocenters. The molecule has 8 heteroatoms. The van der Waals surface area contributed by atoms with Gasteiger partial charge in [0.25, 0.3) is 5.91 Å². The van der Waals surface area contributed by atoms with Crippen molar-refractivity contribution in [2.45, 2.75) is 51.1 Å². The van der Waals surface area contributed by atoms with E-state index in [1.807, 2.05) is 12.1 Å². The minimum absolute atomic E-state index is 0.254. The van der Waals surface area contributed by atoms with Gasteiger partial charge >= 0.3 is 0 Å². The number of fused-ring (bicyclic) bond motifs is 2. The van der Waals surface area contributed by atoms with Gasteiger partial charge in [0.05, 0.1) is 30.5 Å². The Hall–Kier alpha value is -1.83. The van der Waals surface area contributed by atoms with Crippen LogP contribution in [0, 0.1) is 0 Å². The minimum Gasteiger partial charge on any atom is -0.492 e. The highest BCUT2D eigenvalue weighted by atomic mass is 35.5. The predicted octanol–water partition coefficient (Wildman–Crippen LogP) is 2.35. The topological polar surface area (TPSA) is 94.4 Å². The Morgan fingerprint density at radius 3 is 2.67 bits per heavy atom. The molecule has 2 aliphatic heterocycles. The zero-order valence-electron chi connectivity index (χ0n) is 15.3. The fraction of sp³-hybridized carbons (Fsp3) is 0.579. The summed E-state index contributed by atoms with van der Waals surface area (Å²) in [4.78, 5) is 18.1. The third-order valence-electron chi connectivity index (χ3n) is 4.91. The van der Waals surface area contributed by atoms with Gasteiger partial charge in [-0.1, -0.05) is 37.3 Å². The number of aliphatic hydroxyl groups excluding tert-OH is 2. The Kier molecular flexibility index (Phi) is 6.93. The van der Waals surface area contributed by atoms with Crippen molar-refractivity contribution in [1.82, 2.24) is 10.2 Å². The fourth-order valence-electron chi connectivity index (χ4n) is 3.36. The van der Waals surface area contributed by atoms with E-state index in [2.05, 4.69) is 10.3 Å². The Morgan fingerprint density at radius 1 is 1.19 bits per heavy atom. The number of guanidine groups is 1. The van der Waals surface area contributed by atoms with Crippen LogP contribution in [0.1, 0.15) is 44.1 Å². The molecule has 2 heterocycles. The second-order valence-electron chi connectivity index (χ2n) is 6.82. The van der Waals surface area contributed by atoms with Crippen molar-refractivity contribution >= 4 is 29.2 Å². The lowest BCUT2D eigenvalue weighted by molar-refractivity contribution is -0.122. The van der Waals surface area contributed by atoms with Crippen LogP contribution in [0.4, 0.5) is 5.69 Å². The molecule has 3 rings (SSSR count). The summed E-state index contributed by atoms with van der Waals surface area (Å²) in [5.41, 5.74) is 1.51. The Morgan fingerprint density at radius 2 is 1.93 bits per heavy atom. The van der Waals surface area contributed by atoms with E-state index in [0.717, 1.165) is 44.1 Å². The highest BCUT2D eigenvalue weighted by Gasteiger charge is 2.39. The first-order chi connectivity index (χ1) is 13.2. The maximum Gasteiger partial charge on any atom is 0.251 e. The number of amides is 1. The van der Waals surface area contributed by atoms with Crippen LogP contribution in [0.15, 0.2) is 17.1 Å². The summed E-state index contributed by atoms with van der Waals surface area (Å²) >= 11 is 6.53. The summed E-state index contributed by atoms with van der Waals surface area (Å²) in [6, 6.07) is 3.01. The van der Waals surface area contributed by atoms with Crippen molar-refractivity contribution in [2.24, 2.45) is 4.99 Å². The van der Waals surface area contributed by atoms with Crippen molar-refractivity contribution in [2.75, 3.05) is 19.8 Å². The molecule has 1 amide bonds. The lowest BCUT2D eigenvalue weighted by atomic mass is 10.1. The average molecular weight is 396 g/mol. The highest BCUT2D eigenvalue weighted by Crippen LogP contribution is 2.39. The second kappa shape index (κ2) is 9.39. The molecule has 3 N–H and O–H groups in total. The molecular formula is C19H26ClN3O4. The smallest absolute Gasteiger partial charge is 0.251 e. The molecule has 1 atom stereocenters. The number of nitrogens with one attached hydrogen (secondary N) is 1. The number of hydrogen-bond acceptors (Lipinski definition) is 6. The van der Waals surface area contributed by atoms with Crippen molar-refractivity contribution in [3.63, 3.8) is 0 Å². The van der Waals surface area contributed by atoms with E-state index in [4.69, 9.17) is 21.4 Å². The molecule has 0 bridgehead atoms. The predicted molar refractivity (Wildman–Crippen MR) is 103 cm³/mol. The van der Waals surface area contributed by atoms with E-state index < -0.39 is 6.04 Å². The molecule has 7 nitrogen and oxygen atoms in total. The number of benzene rings is 1. The first-order valence-electron chi connectivity index (χ1n) is 9.47. The molecule has 1 fully saturated rings. The molecule has 0 saturated carbocycles. The van der Waals surface area contributed by atoms with Crippen LogP contribution in [0.5, 0.6) is 5.75 Å². The number of aliphatic hydroxyl groups is 2. The zero-order valence-corrected chi connectivity index (χ0v) is 16.0. The summed E-state index contributed by atoms with van der Waals surface area (Å²) in [5, 5.41) is 21.4. The van der Waals surface area contributed by atoms with Gasteiger partial charge in [-0.25, -0.2) is 4.99 Å². The number of unbranched alkanes of at least 4 members (excludes halogenated alkanes) is 5. The van der Waals surface area contributed by atoms with Gasteiger partial charge in [0, 0.05) is 12.2 Å². The van der Waals surface area contributed by atoms with Crippen molar-refractivity contribution in [3.05, 3.63) is 22.7 Å². The maximum atomic E-state index is 11.9. The SMILES string of the molecule is O=C1NC2=Nc3ccc(OCCCCCCCCO)c(Cl)c3CN2C1CO. The first kappa shape index (κ1) is 19.9. The number of hydrogen-bond donors (Lipinski definition) is 3. The molecule has 2 aliphatic rings. The van der Waals surface area contributed by atoms with E-state index in [9.17, 15) is 9.90 Å². The number of nitrogens with zero attached hydrogens (tertiary/aromatic N) is 2. The molecule has 0 radical (unpaired) electrons. The summed E-state index contributed by atoms with van der Waals surface area (Å²) in [6.45, 7) is 0.994. The van der Waals surface area contributed by atoms with E-state index in [0.29, 0.717) is 35.6 Å². The van der Waals surface area contributed by atoms with Gasteiger partial charge in [0.15, 0.2) is 0 Å². The average Bonchev–Trinajstić information content (AvgIpc) is 2.98. The van der Waals surface area contributed by atoms with Gasteiger partial charge in [-0.2, -0.15) is 0 Å². The van der Waals surface area contributed by atoms with Crippen LogP contribution in [0.3, 0.4) is 0 Å². The van der Waals surface area contributed by atoms with Gasteiger partial charge in [-0.05, 0) is 25.0 Å². The van der Waals surface area contributed by atoms with Crippen LogP contribution in [-0.4, -0.2) is 52.8 Å². The standard InChI is InChI=1S/C19H26ClN3O4/c20-17-13-11-23-15(12-25)18(26)22-19(23)21-14(13)7-8-16(17)27-10-6-4-2-1-3-5-9-24/h7-8,15,24-25H,1-6,9-12H2,(H,21,22,26). The number of ether oxygens (including phenoxy) is 1.